The van der Waals surface area contributed by atoms with E-state index < -0.39 is 11.0 Å². The van der Waals surface area contributed by atoms with Crippen LogP contribution >= 0.6 is 0 Å². The van der Waals surface area contributed by atoms with Crippen LogP contribution in [0, 0.1) is 10.1 Å². The second-order valence-corrected chi connectivity index (χ2v) is 7.15. The number of nitrogens with one attached hydrogen (secondary N) is 1. The van der Waals surface area contributed by atoms with Gasteiger partial charge in [-0.05, 0) is 31.5 Å². The third kappa shape index (κ3) is 4.94. The number of benzene rings is 1. The summed E-state index contributed by atoms with van der Waals surface area (Å²) in [5.74, 6) is -0.184. The van der Waals surface area contributed by atoms with E-state index in [1.165, 1.54) is 13.2 Å². The summed E-state index contributed by atoms with van der Waals surface area (Å²) in [5.41, 5.74) is 0.708. The SMILES string of the molecule is COC(=O)N1CCCN(c2ccc(C(=O)N3CCCNCC3)cc2[N+](=O)[O-])CC1. The topological polar surface area (TPSA) is 108 Å². The Kier molecular flexibility index (Phi) is 6.86. The highest BCUT2D eigenvalue weighted by molar-refractivity contribution is 5.96. The molecule has 0 atom stereocenters. The van der Waals surface area contributed by atoms with Gasteiger partial charge in [-0.25, -0.2) is 4.79 Å². The van der Waals surface area contributed by atoms with Crippen molar-refractivity contribution in [1.82, 2.24) is 15.1 Å². The van der Waals surface area contributed by atoms with Gasteiger partial charge >= 0.3 is 6.09 Å². The lowest BCUT2D eigenvalue weighted by Gasteiger charge is -2.24. The fourth-order valence-corrected chi connectivity index (χ4v) is 3.77. The number of methoxy groups -OCH3 is 1. The molecule has 0 spiro atoms. The molecule has 29 heavy (non-hydrogen) atoms. The molecular weight excluding hydrogens is 378 g/mol. The first-order valence-electron chi connectivity index (χ1n) is 9.87. The monoisotopic (exact) mass is 405 g/mol. The minimum atomic E-state index is -0.445. The normalized spacial score (nSPS) is 18.0. The molecule has 10 nitrogen and oxygen atoms in total. The predicted molar refractivity (Wildman–Crippen MR) is 107 cm³/mol. The van der Waals surface area contributed by atoms with Crippen LogP contribution in [0.1, 0.15) is 23.2 Å². The number of hydrogen-bond donors (Lipinski definition) is 1. The number of carbonyl (C=O) groups is 2. The molecule has 10 heteroatoms. The standard InChI is InChI=1S/C19H27N5O5/c1-29-19(26)23-10-3-9-21(12-13-23)16-5-4-15(14-17(16)24(27)28)18(25)22-8-2-6-20-7-11-22/h4-5,14,20H,2-3,6-13H2,1H3. The van der Waals surface area contributed by atoms with Crippen molar-refractivity contribution in [1.29, 1.82) is 0 Å². The highest BCUT2D eigenvalue weighted by Gasteiger charge is 2.26. The molecular formula is C19H27N5O5. The van der Waals surface area contributed by atoms with E-state index in [-0.39, 0.29) is 11.6 Å². The van der Waals surface area contributed by atoms with Crippen molar-refractivity contribution < 1.29 is 19.2 Å². The van der Waals surface area contributed by atoms with Gasteiger partial charge in [0.05, 0.1) is 12.0 Å². The van der Waals surface area contributed by atoms with Crippen LogP contribution in [0.15, 0.2) is 18.2 Å². The van der Waals surface area contributed by atoms with E-state index in [2.05, 4.69) is 5.32 Å². The predicted octanol–water partition coefficient (Wildman–Crippen LogP) is 1.31. The zero-order chi connectivity index (χ0) is 20.8. The van der Waals surface area contributed by atoms with Crippen LogP contribution in [-0.2, 0) is 4.74 Å². The summed E-state index contributed by atoms with van der Waals surface area (Å²) in [7, 11) is 1.34. The molecule has 0 aromatic heterocycles. The highest BCUT2D eigenvalue weighted by atomic mass is 16.6. The van der Waals surface area contributed by atoms with Crippen LogP contribution in [0.4, 0.5) is 16.2 Å². The molecule has 158 valence electrons. The van der Waals surface area contributed by atoms with E-state index >= 15 is 0 Å². The second-order valence-electron chi connectivity index (χ2n) is 7.15. The van der Waals surface area contributed by atoms with Crippen molar-refractivity contribution in [2.45, 2.75) is 12.8 Å². The Morgan fingerprint density at radius 2 is 1.83 bits per heavy atom. The average Bonchev–Trinajstić information content (AvgIpc) is 3.15. The molecule has 0 bridgehead atoms. The Balaban J connectivity index is 1.80. The van der Waals surface area contributed by atoms with E-state index in [0.29, 0.717) is 56.9 Å². The summed E-state index contributed by atoms with van der Waals surface area (Å²) >= 11 is 0. The Hall–Kier alpha value is -2.88. The van der Waals surface area contributed by atoms with Crippen molar-refractivity contribution >= 4 is 23.4 Å². The molecule has 1 aromatic carbocycles. The first kappa shape index (κ1) is 20.8. The summed E-state index contributed by atoms with van der Waals surface area (Å²) < 4.78 is 4.77. The maximum absolute atomic E-state index is 12.8. The van der Waals surface area contributed by atoms with E-state index in [0.717, 1.165) is 19.5 Å². The maximum atomic E-state index is 12.8. The van der Waals surface area contributed by atoms with Crippen LogP contribution < -0.4 is 10.2 Å². The van der Waals surface area contributed by atoms with Crippen molar-refractivity contribution in [3.05, 3.63) is 33.9 Å². The quantitative estimate of drug-likeness (QED) is 0.597. The maximum Gasteiger partial charge on any atom is 0.409 e. The van der Waals surface area contributed by atoms with Crippen molar-refractivity contribution in [3.8, 4) is 0 Å². The molecule has 2 saturated heterocycles. The number of nitro groups is 1. The van der Waals surface area contributed by atoms with Crippen molar-refractivity contribution in [2.24, 2.45) is 0 Å². The Morgan fingerprint density at radius 1 is 1.03 bits per heavy atom. The minimum Gasteiger partial charge on any atom is -0.453 e. The van der Waals surface area contributed by atoms with Gasteiger partial charge in [0.25, 0.3) is 11.6 Å². The molecule has 0 unspecified atom stereocenters. The lowest BCUT2D eigenvalue weighted by Crippen LogP contribution is -2.35. The third-order valence-electron chi connectivity index (χ3n) is 5.32. The van der Waals surface area contributed by atoms with Gasteiger partial charge < -0.3 is 24.8 Å². The number of ether oxygens (including phenoxy) is 1. The Labute approximate surface area is 169 Å². The van der Waals surface area contributed by atoms with Crippen molar-refractivity contribution in [3.63, 3.8) is 0 Å². The first-order chi connectivity index (χ1) is 14.0. The van der Waals surface area contributed by atoms with Crippen LogP contribution in [-0.4, -0.2) is 86.2 Å². The van der Waals surface area contributed by atoms with E-state index in [1.54, 1.807) is 21.9 Å². The summed E-state index contributed by atoms with van der Waals surface area (Å²) in [6.45, 7) is 4.81. The molecule has 2 aliphatic heterocycles. The lowest BCUT2D eigenvalue weighted by atomic mass is 10.1. The largest absolute Gasteiger partial charge is 0.453 e. The van der Waals surface area contributed by atoms with Gasteiger partial charge in [-0.2, -0.15) is 0 Å². The zero-order valence-electron chi connectivity index (χ0n) is 16.6. The van der Waals surface area contributed by atoms with Gasteiger partial charge in [-0.1, -0.05) is 0 Å². The van der Waals surface area contributed by atoms with E-state index in [9.17, 15) is 19.7 Å². The Bertz CT molecular complexity index is 763. The fourth-order valence-electron chi connectivity index (χ4n) is 3.77. The van der Waals surface area contributed by atoms with Gasteiger partial charge in [-0.3, -0.25) is 14.9 Å². The molecule has 1 aromatic rings. The summed E-state index contributed by atoms with van der Waals surface area (Å²) in [4.78, 5) is 41.1. The van der Waals surface area contributed by atoms with Crippen LogP contribution in [0.3, 0.4) is 0 Å². The van der Waals surface area contributed by atoms with Gasteiger partial charge in [-0.15, -0.1) is 0 Å². The summed E-state index contributed by atoms with van der Waals surface area (Å²) in [5, 5.41) is 15.0. The molecule has 2 fully saturated rings. The highest BCUT2D eigenvalue weighted by Crippen LogP contribution is 2.30. The molecule has 2 amide bonds. The lowest BCUT2D eigenvalue weighted by molar-refractivity contribution is -0.384. The van der Waals surface area contributed by atoms with Gasteiger partial charge in [0.2, 0.25) is 0 Å². The van der Waals surface area contributed by atoms with E-state index in [4.69, 9.17) is 4.74 Å². The van der Waals surface area contributed by atoms with Crippen LogP contribution in [0.5, 0.6) is 0 Å². The number of carbonyl (C=O) groups excluding carboxylic acids is 2. The number of rotatable bonds is 3. The smallest absolute Gasteiger partial charge is 0.409 e. The van der Waals surface area contributed by atoms with E-state index in [1.807, 2.05) is 4.90 Å². The first-order valence-corrected chi connectivity index (χ1v) is 9.87. The fraction of sp³-hybridized carbons (Fsp3) is 0.579. The number of amides is 2. The molecule has 3 rings (SSSR count). The average molecular weight is 405 g/mol. The second kappa shape index (κ2) is 9.55. The number of nitro benzene ring substituents is 1. The molecule has 0 aliphatic carbocycles. The van der Waals surface area contributed by atoms with Crippen LogP contribution in [0.25, 0.3) is 0 Å². The number of hydrogen-bond acceptors (Lipinski definition) is 7. The molecule has 0 saturated carbocycles. The third-order valence-corrected chi connectivity index (χ3v) is 5.32. The van der Waals surface area contributed by atoms with Gasteiger partial charge in [0.1, 0.15) is 5.69 Å². The van der Waals surface area contributed by atoms with Gasteiger partial charge in [0, 0.05) is 57.4 Å². The van der Waals surface area contributed by atoms with Crippen molar-refractivity contribution in [2.75, 3.05) is 64.4 Å². The minimum absolute atomic E-state index is 0.0877. The zero-order valence-corrected chi connectivity index (χ0v) is 16.6. The molecule has 0 radical (unpaired) electrons. The number of nitrogens with zero attached hydrogens (tertiary/aromatic N) is 4. The van der Waals surface area contributed by atoms with Crippen LogP contribution in [0.2, 0.25) is 0 Å². The Morgan fingerprint density at radius 3 is 2.59 bits per heavy atom. The number of anilines is 1. The molecule has 1 N–H and O–H groups in total. The summed E-state index contributed by atoms with van der Waals surface area (Å²) in [6, 6.07) is 4.68. The summed E-state index contributed by atoms with van der Waals surface area (Å²) in [6.07, 6.45) is 1.14. The molecule has 2 aliphatic rings. The van der Waals surface area contributed by atoms with Gasteiger partial charge in [0.15, 0.2) is 0 Å². The molecule has 2 heterocycles.